The molecule has 3 heterocycles. The van der Waals surface area contributed by atoms with Gasteiger partial charge in [-0.25, -0.2) is 0 Å². The lowest BCUT2D eigenvalue weighted by Gasteiger charge is -2.37. The van der Waals surface area contributed by atoms with Crippen LogP contribution in [-0.2, 0) is 6.42 Å². The van der Waals surface area contributed by atoms with E-state index in [1.54, 1.807) is 11.3 Å². The van der Waals surface area contributed by atoms with Gasteiger partial charge in [0.2, 0.25) is 11.7 Å². The van der Waals surface area contributed by atoms with Crippen molar-refractivity contribution in [2.45, 2.75) is 6.42 Å². The van der Waals surface area contributed by atoms with E-state index in [0.29, 0.717) is 29.7 Å². The topological polar surface area (TPSA) is 69.8 Å². The molecule has 0 aliphatic carbocycles. The largest absolute Gasteiger partial charge is 0.360 e. The maximum atomic E-state index is 5.92. The molecule has 1 aromatic carbocycles. The summed E-state index contributed by atoms with van der Waals surface area (Å²) in [6.07, 6.45) is 0.634. The molecule has 152 valence electrons. The van der Waals surface area contributed by atoms with E-state index in [1.807, 2.05) is 31.3 Å². The highest BCUT2D eigenvalue weighted by Crippen LogP contribution is 2.22. The summed E-state index contributed by atoms with van der Waals surface area (Å²) in [5, 5.41) is 11.6. The number of hydrogen-bond acceptors (Lipinski definition) is 6. The summed E-state index contributed by atoms with van der Waals surface area (Å²) in [6, 6.07) is 11.7. The first-order chi connectivity index (χ1) is 14.2. The standard InChI is InChI=1S/C20H23ClN6OS/c1-22-20(27-12-10-26(11-13-27)18-3-2-14-29-18)23-9-8-17-24-19(25-28-17)15-4-6-16(21)7-5-15/h2-7,14H,8-13H2,1H3,(H,22,23). The zero-order valence-corrected chi connectivity index (χ0v) is 17.8. The molecule has 0 radical (unpaired) electrons. The molecule has 0 spiro atoms. The first-order valence-corrected chi connectivity index (χ1v) is 10.8. The molecule has 1 fully saturated rings. The molecule has 1 N–H and O–H groups in total. The lowest BCUT2D eigenvalue weighted by Crippen LogP contribution is -2.52. The van der Waals surface area contributed by atoms with Crippen LogP contribution in [0.25, 0.3) is 11.4 Å². The van der Waals surface area contributed by atoms with Crippen molar-refractivity contribution >= 4 is 33.9 Å². The molecular weight excluding hydrogens is 408 g/mol. The monoisotopic (exact) mass is 430 g/mol. The molecule has 3 aromatic rings. The second kappa shape index (κ2) is 9.28. The third kappa shape index (κ3) is 4.89. The smallest absolute Gasteiger partial charge is 0.228 e. The van der Waals surface area contributed by atoms with Crippen molar-refractivity contribution in [1.82, 2.24) is 20.4 Å². The second-order valence-corrected chi connectivity index (χ2v) is 8.03. The van der Waals surface area contributed by atoms with Crippen LogP contribution in [0, 0.1) is 0 Å². The van der Waals surface area contributed by atoms with Gasteiger partial charge in [0.1, 0.15) is 0 Å². The van der Waals surface area contributed by atoms with Crippen LogP contribution in [-0.4, -0.2) is 60.8 Å². The van der Waals surface area contributed by atoms with Crippen molar-refractivity contribution in [2.24, 2.45) is 4.99 Å². The van der Waals surface area contributed by atoms with Crippen LogP contribution in [0.1, 0.15) is 5.89 Å². The average molecular weight is 431 g/mol. The van der Waals surface area contributed by atoms with Crippen LogP contribution in [0.2, 0.25) is 5.02 Å². The van der Waals surface area contributed by atoms with Gasteiger partial charge < -0.3 is 19.6 Å². The van der Waals surface area contributed by atoms with Crippen molar-refractivity contribution in [2.75, 3.05) is 44.7 Å². The predicted octanol–water partition coefficient (Wildman–Crippen LogP) is 3.39. The van der Waals surface area contributed by atoms with Gasteiger partial charge in [0.05, 0.1) is 5.00 Å². The van der Waals surface area contributed by atoms with Gasteiger partial charge >= 0.3 is 0 Å². The third-order valence-corrected chi connectivity index (χ3v) is 5.98. The molecule has 0 bridgehead atoms. The molecule has 7 nitrogen and oxygen atoms in total. The van der Waals surface area contributed by atoms with E-state index in [0.717, 1.165) is 37.7 Å². The minimum Gasteiger partial charge on any atom is -0.360 e. The van der Waals surface area contributed by atoms with Gasteiger partial charge in [-0.1, -0.05) is 16.8 Å². The van der Waals surface area contributed by atoms with Crippen LogP contribution in [0.5, 0.6) is 0 Å². The van der Waals surface area contributed by atoms with Crippen molar-refractivity contribution in [3.63, 3.8) is 0 Å². The molecule has 1 aliphatic heterocycles. The van der Waals surface area contributed by atoms with E-state index < -0.39 is 0 Å². The molecule has 0 amide bonds. The number of aliphatic imine (C=N–C) groups is 1. The Kier molecular flexibility index (Phi) is 6.31. The molecule has 0 unspecified atom stereocenters. The van der Waals surface area contributed by atoms with Gasteiger partial charge in [0.15, 0.2) is 5.96 Å². The first kappa shape index (κ1) is 19.7. The highest BCUT2D eigenvalue weighted by Gasteiger charge is 2.20. The Morgan fingerprint density at radius 2 is 2.00 bits per heavy atom. The summed E-state index contributed by atoms with van der Waals surface area (Å²) in [7, 11) is 1.82. The molecule has 0 saturated carbocycles. The second-order valence-electron chi connectivity index (χ2n) is 6.67. The number of benzene rings is 1. The summed E-state index contributed by atoms with van der Waals surface area (Å²) in [4.78, 5) is 13.6. The Labute approximate surface area is 179 Å². The lowest BCUT2D eigenvalue weighted by atomic mass is 10.2. The normalized spacial score (nSPS) is 15.0. The summed E-state index contributed by atoms with van der Waals surface area (Å²) >= 11 is 7.71. The van der Waals surface area contributed by atoms with Crippen LogP contribution in [0.3, 0.4) is 0 Å². The zero-order chi connectivity index (χ0) is 20.1. The third-order valence-electron chi connectivity index (χ3n) is 4.80. The number of piperazine rings is 1. The number of nitrogens with zero attached hydrogens (tertiary/aromatic N) is 5. The number of thiophene rings is 1. The minimum atomic E-state index is 0.575. The summed E-state index contributed by atoms with van der Waals surface area (Å²) in [6.45, 7) is 4.56. The van der Waals surface area contributed by atoms with E-state index in [1.165, 1.54) is 5.00 Å². The van der Waals surface area contributed by atoms with E-state index in [4.69, 9.17) is 16.1 Å². The van der Waals surface area contributed by atoms with Gasteiger partial charge in [0, 0.05) is 56.8 Å². The van der Waals surface area contributed by atoms with E-state index >= 15 is 0 Å². The molecule has 1 saturated heterocycles. The SMILES string of the molecule is CN=C(NCCc1nc(-c2ccc(Cl)cc2)no1)N1CCN(c2cccs2)CC1. The van der Waals surface area contributed by atoms with Gasteiger partial charge in [-0.2, -0.15) is 4.98 Å². The highest BCUT2D eigenvalue weighted by atomic mass is 35.5. The number of aromatic nitrogens is 2. The van der Waals surface area contributed by atoms with Crippen LogP contribution >= 0.6 is 22.9 Å². The number of hydrogen-bond donors (Lipinski definition) is 1. The fourth-order valence-corrected chi connectivity index (χ4v) is 4.19. The Balaban J connectivity index is 1.26. The number of halogens is 1. The number of nitrogens with one attached hydrogen (secondary N) is 1. The minimum absolute atomic E-state index is 0.575. The van der Waals surface area contributed by atoms with Crippen molar-refractivity contribution in [3.05, 3.63) is 52.7 Å². The van der Waals surface area contributed by atoms with Crippen molar-refractivity contribution in [1.29, 1.82) is 0 Å². The Hall–Kier alpha value is -2.58. The number of guanidine groups is 1. The van der Waals surface area contributed by atoms with Crippen LogP contribution < -0.4 is 10.2 Å². The van der Waals surface area contributed by atoms with Crippen molar-refractivity contribution < 1.29 is 4.52 Å². The zero-order valence-electron chi connectivity index (χ0n) is 16.2. The fraction of sp³-hybridized carbons (Fsp3) is 0.350. The molecule has 4 rings (SSSR count). The van der Waals surface area contributed by atoms with Gasteiger partial charge in [-0.15, -0.1) is 11.3 Å². The predicted molar refractivity (Wildman–Crippen MR) is 118 cm³/mol. The number of anilines is 1. The Morgan fingerprint density at radius 3 is 2.69 bits per heavy atom. The first-order valence-electron chi connectivity index (χ1n) is 9.55. The average Bonchev–Trinajstić information content (AvgIpc) is 3.45. The molecule has 2 aromatic heterocycles. The fourth-order valence-electron chi connectivity index (χ4n) is 3.27. The van der Waals surface area contributed by atoms with Crippen LogP contribution in [0.15, 0.2) is 51.3 Å². The quantitative estimate of drug-likeness (QED) is 0.494. The molecule has 9 heteroatoms. The summed E-state index contributed by atoms with van der Waals surface area (Å²) < 4.78 is 5.37. The highest BCUT2D eigenvalue weighted by molar-refractivity contribution is 7.14. The molecular formula is C20H23ClN6OS. The maximum absolute atomic E-state index is 5.92. The maximum Gasteiger partial charge on any atom is 0.228 e. The molecule has 1 aliphatic rings. The van der Waals surface area contributed by atoms with E-state index in [9.17, 15) is 0 Å². The Morgan fingerprint density at radius 1 is 1.21 bits per heavy atom. The number of rotatable bonds is 5. The van der Waals surface area contributed by atoms with Gasteiger partial charge in [-0.3, -0.25) is 4.99 Å². The molecule has 29 heavy (non-hydrogen) atoms. The van der Waals surface area contributed by atoms with E-state index in [2.05, 4.69) is 47.8 Å². The Bertz CT molecular complexity index is 932. The van der Waals surface area contributed by atoms with Crippen molar-refractivity contribution in [3.8, 4) is 11.4 Å². The summed E-state index contributed by atoms with van der Waals surface area (Å²) in [5.74, 6) is 2.08. The van der Waals surface area contributed by atoms with Gasteiger partial charge in [0.25, 0.3) is 0 Å². The summed E-state index contributed by atoms with van der Waals surface area (Å²) in [5.41, 5.74) is 0.886. The van der Waals surface area contributed by atoms with E-state index in [-0.39, 0.29) is 0 Å². The van der Waals surface area contributed by atoms with Crippen LogP contribution in [0.4, 0.5) is 5.00 Å². The lowest BCUT2D eigenvalue weighted by molar-refractivity contribution is 0.365. The van der Waals surface area contributed by atoms with Gasteiger partial charge in [-0.05, 0) is 41.8 Å². The molecule has 0 atom stereocenters.